The van der Waals surface area contributed by atoms with Crippen LogP contribution < -0.4 is 0 Å². The molecule has 0 unspecified atom stereocenters. The number of hydrogen-bond donors (Lipinski definition) is 1. The lowest BCUT2D eigenvalue weighted by atomic mass is 10.0. The second kappa shape index (κ2) is 8.82. The monoisotopic (exact) mass is 394 g/mol. The molecule has 1 saturated heterocycles. The number of likely N-dealkylation sites (tertiary alicyclic amines) is 1. The predicted octanol–water partition coefficient (Wildman–Crippen LogP) is 2.99. The Kier molecular flexibility index (Phi) is 7.76. The first kappa shape index (κ1) is 19.4. The van der Waals surface area contributed by atoms with Crippen molar-refractivity contribution in [3.63, 3.8) is 0 Å². The van der Waals surface area contributed by atoms with E-state index in [4.69, 9.17) is 5.11 Å². The average molecular weight is 396 g/mol. The number of halogens is 3. The number of rotatable bonds is 5. The highest BCUT2D eigenvalue weighted by atomic mass is 79.9. The summed E-state index contributed by atoms with van der Waals surface area (Å²) in [4.78, 5) is 14.8. The van der Waals surface area contributed by atoms with E-state index < -0.39 is 5.97 Å². The number of piperidine rings is 1. The molecule has 0 aromatic heterocycles. The van der Waals surface area contributed by atoms with Gasteiger partial charge in [-0.1, -0.05) is 22.0 Å². The van der Waals surface area contributed by atoms with Crippen molar-refractivity contribution < 1.29 is 14.3 Å². The van der Waals surface area contributed by atoms with Crippen molar-refractivity contribution in [1.82, 2.24) is 9.80 Å². The second-order valence-corrected chi connectivity index (χ2v) is 6.47. The van der Waals surface area contributed by atoms with Crippen molar-refractivity contribution in [3.05, 3.63) is 34.1 Å². The van der Waals surface area contributed by atoms with Crippen LogP contribution in [0.2, 0.25) is 0 Å². The number of carbonyl (C=O) groups is 1. The molecular weight excluding hydrogens is 375 g/mol. The Hall–Kier alpha value is -0.690. The molecule has 1 aromatic carbocycles. The number of aliphatic carboxylic acids is 1. The zero-order valence-electron chi connectivity index (χ0n) is 12.5. The topological polar surface area (TPSA) is 43.8 Å². The Morgan fingerprint density at radius 2 is 2.09 bits per heavy atom. The summed E-state index contributed by atoms with van der Waals surface area (Å²) in [7, 11) is 1.85. The summed E-state index contributed by atoms with van der Waals surface area (Å²) in [5.74, 6) is -0.980. The fourth-order valence-corrected chi connectivity index (χ4v) is 3.08. The van der Waals surface area contributed by atoms with Crippen molar-refractivity contribution in [1.29, 1.82) is 0 Å². The molecule has 22 heavy (non-hydrogen) atoms. The molecule has 124 valence electrons. The molecule has 0 aliphatic carbocycles. The van der Waals surface area contributed by atoms with Gasteiger partial charge in [-0.15, -0.1) is 12.4 Å². The Labute approximate surface area is 144 Å². The predicted molar refractivity (Wildman–Crippen MR) is 89.9 cm³/mol. The molecule has 2 rings (SSSR count). The van der Waals surface area contributed by atoms with Gasteiger partial charge in [0, 0.05) is 22.6 Å². The summed E-state index contributed by atoms with van der Waals surface area (Å²) in [6.07, 6.45) is 1.84. The molecule has 0 bridgehead atoms. The van der Waals surface area contributed by atoms with Gasteiger partial charge in [-0.2, -0.15) is 0 Å². The van der Waals surface area contributed by atoms with E-state index in [1.807, 2.05) is 24.1 Å². The van der Waals surface area contributed by atoms with Crippen LogP contribution in [0, 0.1) is 5.82 Å². The first-order valence-electron chi connectivity index (χ1n) is 7.04. The van der Waals surface area contributed by atoms with E-state index in [1.165, 1.54) is 6.07 Å². The molecule has 1 aromatic rings. The standard InChI is InChI=1S/C15H20BrFN2O2.ClH/c1-18(10-15(20)21)13-4-6-19(7-5-13)9-11-2-3-12(16)8-14(11)17;/h2-3,8,13H,4-7,9-10H2,1H3,(H,20,21);1H. The normalized spacial score (nSPS) is 16.5. The van der Waals surface area contributed by atoms with E-state index in [1.54, 1.807) is 0 Å². The Bertz CT molecular complexity index is 510. The zero-order chi connectivity index (χ0) is 15.4. The maximum Gasteiger partial charge on any atom is 0.317 e. The average Bonchev–Trinajstić information content (AvgIpc) is 2.42. The summed E-state index contributed by atoms with van der Waals surface area (Å²) in [6.45, 7) is 2.41. The van der Waals surface area contributed by atoms with Gasteiger partial charge in [-0.3, -0.25) is 14.6 Å². The van der Waals surface area contributed by atoms with Crippen LogP contribution in [0.5, 0.6) is 0 Å². The Morgan fingerprint density at radius 3 is 2.64 bits per heavy atom. The second-order valence-electron chi connectivity index (χ2n) is 5.55. The molecule has 1 aliphatic rings. The van der Waals surface area contributed by atoms with Crippen molar-refractivity contribution in [2.75, 3.05) is 26.7 Å². The van der Waals surface area contributed by atoms with E-state index >= 15 is 0 Å². The lowest BCUT2D eigenvalue weighted by Gasteiger charge is -2.36. The molecule has 1 N–H and O–H groups in total. The molecule has 4 nitrogen and oxygen atoms in total. The van der Waals surface area contributed by atoms with Crippen LogP contribution in [0.3, 0.4) is 0 Å². The number of carboxylic acids is 1. The van der Waals surface area contributed by atoms with Gasteiger partial charge in [0.1, 0.15) is 5.82 Å². The molecule has 1 heterocycles. The van der Waals surface area contributed by atoms with Crippen molar-refractivity contribution in [2.45, 2.75) is 25.4 Å². The van der Waals surface area contributed by atoms with Crippen LogP contribution in [0.25, 0.3) is 0 Å². The summed E-state index contributed by atoms with van der Waals surface area (Å²) in [6, 6.07) is 5.45. The van der Waals surface area contributed by atoms with Crippen LogP contribution in [0.15, 0.2) is 22.7 Å². The maximum atomic E-state index is 13.8. The first-order valence-corrected chi connectivity index (χ1v) is 7.83. The molecule has 0 spiro atoms. The fraction of sp³-hybridized carbons (Fsp3) is 0.533. The molecule has 7 heteroatoms. The summed E-state index contributed by atoms with van der Waals surface area (Å²) in [5, 5.41) is 8.82. The largest absolute Gasteiger partial charge is 0.480 e. The minimum absolute atomic E-state index is 0. The van der Waals surface area contributed by atoms with Gasteiger partial charge in [0.2, 0.25) is 0 Å². The maximum absolute atomic E-state index is 13.8. The van der Waals surface area contributed by atoms with Gasteiger partial charge >= 0.3 is 5.97 Å². The molecule has 0 atom stereocenters. The highest BCUT2D eigenvalue weighted by Crippen LogP contribution is 2.20. The number of benzene rings is 1. The number of carboxylic acid groups (broad SMARTS) is 1. The number of nitrogens with zero attached hydrogens (tertiary/aromatic N) is 2. The summed E-state index contributed by atoms with van der Waals surface area (Å²) in [5.41, 5.74) is 0.704. The van der Waals surface area contributed by atoms with Crippen molar-refractivity contribution >= 4 is 34.3 Å². The number of hydrogen-bond acceptors (Lipinski definition) is 3. The molecule has 1 aliphatic heterocycles. The highest BCUT2D eigenvalue weighted by molar-refractivity contribution is 9.10. The van der Waals surface area contributed by atoms with E-state index in [-0.39, 0.29) is 24.8 Å². The highest BCUT2D eigenvalue weighted by Gasteiger charge is 2.23. The smallest absolute Gasteiger partial charge is 0.317 e. The molecule has 0 saturated carbocycles. The van der Waals surface area contributed by atoms with E-state index in [2.05, 4.69) is 20.8 Å². The van der Waals surface area contributed by atoms with Crippen LogP contribution in [-0.2, 0) is 11.3 Å². The van der Waals surface area contributed by atoms with Crippen LogP contribution in [-0.4, -0.2) is 53.6 Å². The third-order valence-corrected chi connectivity index (χ3v) is 4.47. The Morgan fingerprint density at radius 1 is 1.45 bits per heavy atom. The van der Waals surface area contributed by atoms with Gasteiger partial charge in [0.25, 0.3) is 0 Å². The Balaban J connectivity index is 0.00000242. The lowest BCUT2D eigenvalue weighted by molar-refractivity contribution is -0.138. The van der Waals surface area contributed by atoms with E-state index in [9.17, 15) is 9.18 Å². The fourth-order valence-electron chi connectivity index (χ4n) is 2.75. The van der Waals surface area contributed by atoms with Crippen molar-refractivity contribution in [3.8, 4) is 0 Å². The van der Waals surface area contributed by atoms with Crippen LogP contribution in [0.4, 0.5) is 4.39 Å². The summed E-state index contributed by atoms with van der Waals surface area (Å²) < 4.78 is 14.6. The lowest BCUT2D eigenvalue weighted by Crippen LogP contribution is -2.44. The molecular formula is C15H21BrClFN2O2. The third kappa shape index (κ3) is 5.50. The van der Waals surface area contributed by atoms with Crippen LogP contribution in [0.1, 0.15) is 18.4 Å². The molecule has 0 amide bonds. The van der Waals surface area contributed by atoms with Gasteiger partial charge in [-0.05, 0) is 45.1 Å². The van der Waals surface area contributed by atoms with E-state index in [0.717, 1.165) is 30.4 Å². The van der Waals surface area contributed by atoms with Gasteiger partial charge in [-0.25, -0.2) is 4.39 Å². The van der Waals surface area contributed by atoms with Gasteiger partial charge < -0.3 is 5.11 Å². The minimum atomic E-state index is -0.795. The van der Waals surface area contributed by atoms with Crippen LogP contribution >= 0.6 is 28.3 Å². The summed E-state index contributed by atoms with van der Waals surface area (Å²) >= 11 is 3.26. The SMILES string of the molecule is CN(CC(=O)O)C1CCN(Cc2ccc(Br)cc2F)CC1.Cl. The quantitative estimate of drug-likeness (QED) is 0.832. The molecule has 1 fully saturated rings. The third-order valence-electron chi connectivity index (χ3n) is 3.97. The van der Waals surface area contributed by atoms with Gasteiger partial charge in [0.15, 0.2) is 0 Å². The minimum Gasteiger partial charge on any atom is -0.480 e. The van der Waals surface area contributed by atoms with Crippen molar-refractivity contribution in [2.24, 2.45) is 0 Å². The first-order chi connectivity index (χ1) is 9.95. The number of likely N-dealkylation sites (N-methyl/N-ethyl adjacent to an activating group) is 1. The van der Waals surface area contributed by atoms with E-state index in [0.29, 0.717) is 18.2 Å². The van der Waals surface area contributed by atoms with Gasteiger partial charge in [0.05, 0.1) is 6.54 Å². The zero-order valence-corrected chi connectivity index (χ0v) is 14.9. The molecule has 0 radical (unpaired) electrons.